The number of aliphatic hydroxyl groups is 1. The van der Waals surface area contributed by atoms with Gasteiger partial charge in [0.05, 0.1) is 6.10 Å². The molecule has 2 heteroatoms. The fourth-order valence-electron chi connectivity index (χ4n) is 2.19. The Bertz CT molecular complexity index is 548. The van der Waals surface area contributed by atoms with E-state index < -0.39 is 6.10 Å². The molecule has 2 aromatic carbocycles. The Hall–Kier alpha value is -0.860. The van der Waals surface area contributed by atoms with E-state index in [1.807, 2.05) is 24.3 Å². The third kappa shape index (κ3) is 2.45. The SMILES string of the molecule is CC(C)C(C)C(O)c1ccc(Br)c2ccccc12. The molecular weight excluding hydrogens is 288 g/mol. The van der Waals surface area contributed by atoms with Gasteiger partial charge in [-0.15, -0.1) is 0 Å². The van der Waals surface area contributed by atoms with Crippen LogP contribution < -0.4 is 0 Å². The molecule has 0 saturated heterocycles. The van der Waals surface area contributed by atoms with Crippen LogP contribution in [0, 0.1) is 11.8 Å². The molecule has 0 aliphatic heterocycles. The average Bonchev–Trinajstić information content (AvgIpc) is 2.38. The lowest BCUT2D eigenvalue weighted by atomic mass is 9.86. The van der Waals surface area contributed by atoms with E-state index in [1.54, 1.807) is 0 Å². The van der Waals surface area contributed by atoms with Gasteiger partial charge >= 0.3 is 0 Å². The summed E-state index contributed by atoms with van der Waals surface area (Å²) in [4.78, 5) is 0. The fourth-order valence-corrected chi connectivity index (χ4v) is 2.67. The number of aliphatic hydroxyl groups excluding tert-OH is 1. The van der Waals surface area contributed by atoms with Crippen molar-refractivity contribution in [1.82, 2.24) is 0 Å². The van der Waals surface area contributed by atoms with Crippen LogP contribution >= 0.6 is 15.9 Å². The maximum absolute atomic E-state index is 10.5. The van der Waals surface area contributed by atoms with Crippen molar-refractivity contribution in [2.75, 3.05) is 0 Å². The third-order valence-corrected chi connectivity index (χ3v) is 4.46. The van der Waals surface area contributed by atoms with Crippen LogP contribution in [0.25, 0.3) is 10.8 Å². The van der Waals surface area contributed by atoms with Crippen molar-refractivity contribution in [3.8, 4) is 0 Å². The monoisotopic (exact) mass is 306 g/mol. The van der Waals surface area contributed by atoms with Crippen LogP contribution in [0.1, 0.15) is 32.4 Å². The van der Waals surface area contributed by atoms with Crippen LogP contribution in [0.15, 0.2) is 40.9 Å². The van der Waals surface area contributed by atoms with E-state index in [4.69, 9.17) is 0 Å². The zero-order valence-corrected chi connectivity index (χ0v) is 12.6. The minimum absolute atomic E-state index is 0.245. The Morgan fingerprint density at radius 1 is 0.944 bits per heavy atom. The zero-order chi connectivity index (χ0) is 13.3. The van der Waals surface area contributed by atoms with Crippen molar-refractivity contribution in [2.24, 2.45) is 11.8 Å². The number of halogens is 1. The summed E-state index contributed by atoms with van der Waals surface area (Å²) in [5, 5.41) is 12.8. The largest absolute Gasteiger partial charge is 0.388 e. The molecule has 2 aromatic rings. The van der Waals surface area contributed by atoms with Gasteiger partial charge in [0.25, 0.3) is 0 Å². The van der Waals surface area contributed by atoms with Gasteiger partial charge in [-0.3, -0.25) is 0 Å². The van der Waals surface area contributed by atoms with Gasteiger partial charge in [0.1, 0.15) is 0 Å². The van der Waals surface area contributed by atoms with E-state index in [2.05, 4.69) is 48.8 Å². The summed E-state index contributed by atoms with van der Waals surface area (Å²) in [6.45, 7) is 6.40. The first-order chi connectivity index (χ1) is 8.52. The maximum Gasteiger partial charge on any atom is 0.0824 e. The molecule has 0 bridgehead atoms. The van der Waals surface area contributed by atoms with E-state index >= 15 is 0 Å². The molecule has 2 atom stereocenters. The summed E-state index contributed by atoms with van der Waals surface area (Å²) >= 11 is 3.56. The molecule has 96 valence electrons. The molecule has 0 aliphatic carbocycles. The number of rotatable bonds is 3. The summed E-state index contributed by atoms with van der Waals surface area (Å²) in [7, 11) is 0. The van der Waals surface area contributed by atoms with Gasteiger partial charge in [-0.25, -0.2) is 0 Å². The van der Waals surface area contributed by atoms with E-state index in [1.165, 1.54) is 0 Å². The van der Waals surface area contributed by atoms with E-state index in [9.17, 15) is 5.11 Å². The van der Waals surface area contributed by atoms with Crippen LogP contribution in [-0.4, -0.2) is 5.11 Å². The second kappa shape index (κ2) is 5.41. The summed E-state index contributed by atoms with van der Waals surface area (Å²) in [5.41, 5.74) is 1.02. The molecule has 0 amide bonds. The van der Waals surface area contributed by atoms with Crippen molar-refractivity contribution >= 4 is 26.7 Å². The molecule has 0 saturated carbocycles. The Kier molecular flexibility index (Phi) is 4.08. The van der Waals surface area contributed by atoms with Crippen molar-refractivity contribution in [3.63, 3.8) is 0 Å². The number of hydrogen-bond donors (Lipinski definition) is 1. The Balaban J connectivity index is 2.55. The Labute approximate surface area is 117 Å². The maximum atomic E-state index is 10.5. The van der Waals surface area contributed by atoms with Gasteiger partial charge < -0.3 is 5.11 Å². The third-order valence-electron chi connectivity index (χ3n) is 3.77. The molecule has 0 radical (unpaired) electrons. The van der Waals surface area contributed by atoms with Crippen LogP contribution in [0.5, 0.6) is 0 Å². The first kappa shape index (κ1) is 13.6. The van der Waals surface area contributed by atoms with Crippen molar-refractivity contribution < 1.29 is 5.11 Å². The standard InChI is InChI=1S/C16H19BrO/c1-10(2)11(3)16(18)14-8-9-15(17)13-7-5-4-6-12(13)14/h4-11,16,18H,1-3H3. The van der Waals surface area contributed by atoms with E-state index in [0.717, 1.165) is 20.8 Å². The number of benzene rings is 2. The molecule has 2 rings (SSSR count). The lowest BCUT2D eigenvalue weighted by Crippen LogP contribution is -2.15. The van der Waals surface area contributed by atoms with Crippen LogP contribution in [-0.2, 0) is 0 Å². The quantitative estimate of drug-likeness (QED) is 0.852. The smallest absolute Gasteiger partial charge is 0.0824 e. The second-order valence-corrected chi connectivity index (χ2v) is 6.08. The highest BCUT2D eigenvalue weighted by Gasteiger charge is 2.21. The van der Waals surface area contributed by atoms with Crippen molar-refractivity contribution in [3.05, 3.63) is 46.4 Å². The highest BCUT2D eigenvalue weighted by atomic mass is 79.9. The first-order valence-corrected chi connectivity index (χ1v) is 7.17. The normalized spacial score (nSPS) is 15.0. The first-order valence-electron chi connectivity index (χ1n) is 6.37. The molecule has 0 aromatic heterocycles. The highest BCUT2D eigenvalue weighted by molar-refractivity contribution is 9.10. The lowest BCUT2D eigenvalue weighted by Gasteiger charge is -2.24. The van der Waals surface area contributed by atoms with E-state index in [0.29, 0.717) is 5.92 Å². The molecule has 0 aliphatic rings. The summed E-state index contributed by atoms with van der Waals surface area (Å²) in [5.74, 6) is 0.706. The Morgan fingerprint density at radius 2 is 1.56 bits per heavy atom. The van der Waals surface area contributed by atoms with Gasteiger partial charge in [-0.1, -0.05) is 67.0 Å². The minimum atomic E-state index is -0.414. The van der Waals surface area contributed by atoms with Crippen LogP contribution in [0.3, 0.4) is 0 Å². The van der Waals surface area contributed by atoms with Crippen molar-refractivity contribution in [2.45, 2.75) is 26.9 Å². The molecule has 1 N–H and O–H groups in total. The number of fused-ring (bicyclic) bond motifs is 1. The molecular formula is C16H19BrO. The fraction of sp³-hybridized carbons (Fsp3) is 0.375. The molecule has 1 nitrogen and oxygen atoms in total. The summed E-state index contributed by atoms with van der Waals surface area (Å²) < 4.78 is 1.08. The number of hydrogen-bond acceptors (Lipinski definition) is 1. The predicted molar refractivity (Wildman–Crippen MR) is 80.6 cm³/mol. The second-order valence-electron chi connectivity index (χ2n) is 5.23. The molecule has 0 fully saturated rings. The lowest BCUT2D eigenvalue weighted by molar-refractivity contribution is 0.0934. The van der Waals surface area contributed by atoms with Crippen LogP contribution in [0.2, 0.25) is 0 Å². The molecule has 0 heterocycles. The molecule has 0 spiro atoms. The summed E-state index contributed by atoms with van der Waals surface area (Å²) in [6, 6.07) is 12.2. The minimum Gasteiger partial charge on any atom is -0.388 e. The van der Waals surface area contributed by atoms with Crippen LogP contribution in [0.4, 0.5) is 0 Å². The van der Waals surface area contributed by atoms with Gasteiger partial charge in [0.2, 0.25) is 0 Å². The van der Waals surface area contributed by atoms with Crippen molar-refractivity contribution in [1.29, 1.82) is 0 Å². The highest BCUT2D eigenvalue weighted by Crippen LogP contribution is 2.35. The van der Waals surface area contributed by atoms with Gasteiger partial charge in [0, 0.05) is 4.47 Å². The Morgan fingerprint density at radius 3 is 2.17 bits per heavy atom. The molecule has 18 heavy (non-hydrogen) atoms. The van der Waals surface area contributed by atoms with Gasteiger partial charge in [0.15, 0.2) is 0 Å². The predicted octanol–water partition coefficient (Wildman–Crippen LogP) is 4.93. The van der Waals surface area contributed by atoms with Gasteiger partial charge in [-0.05, 0) is 34.2 Å². The zero-order valence-electron chi connectivity index (χ0n) is 11.0. The topological polar surface area (TPSA) is 20.2 Å². The van der Waals surface area contributed by atoms with Gasteiger partial charge in [-0.2, -0.15) is 0 Å². The summed E-state index contributed by atoms with van der Waals surface area (Å²) in [6.07, 6.45) is -0.414. The average molecular weight is 307 g/mol. The molecule has 2 unspecified atom stereocenters. The van der Waals surface area contributed by atoms with E-state index in [-0.39, 0.29) is 5.92 Å².